The van der Waals surface area contributed by atoms with Crippen molar-refractivity contribution in [1.29, 1.82) is 0 Å². The molecule has 0 radical (unpaired) electrons. The van der Waals surface area contributed by atoms with Crippen LogP contribution in [0.3, 0.4) is 0 Å². The summed E-state index contributed by atoms with van der Waals surface area (Å²) in [6.45, 7) is 7.37. The molecule has 1 saturated heterocycles. The minimum absolute atomic E-state index is 0.135. The van der Waals surface area contributed by atoms with Crippen LogP contribution in [-0.2, 0) is 17.8 Å². The maximum atomic E-state index is 12.5. The van der Waals surface area contributed by atoms with Crippen molar-refractivity contribution in [3.63, 3.8) is 0 Å². The summed E-state index contributed by atoms with van der Waals surface area (Å²) in [5.41, 5.74) is 1.47. The Morgan fingerprint density at radius 2 is 2.19 bits per heavy atom. The van der Waals surface area contributed by atoms with E-state index in [-0.39, 0.29) is 11.9 Å². The molecule has 7 heteroatoms. The van der Waals surface area contributed by atoms with Gasteiger partial charge in [0.15, 0.2) is 0 Å². The van der Waals surface area contributed by atoms with Gasteiger partial charge in [-0.3, -0.25) is 14.7 Å². The summed E-state index contributed by atoms with van der Waals surface area (Å²) in [6.07, 6.45) is 7.65. The standard InChI is InChI=1S/C20H27N5O2/c1-15-19-23-18(20(26)22-12-17-3-2-6-21-11-17)14-25(19)8-7-24(15)13-16-4-9-27-10-5-16/h2-3,6,11,14-16H,4-5,7-10,12-13H2,1H3,(H,22,26)/t15-/m1/s1. The van der Waals surface area contributed by atoms with Gasteiger partial charge >= 0.3 is 0 Å². The van der Waals surface area contributed by atoms with Gasteiger partial charge in [-0.05, 0) is 37.3 Å². The zero-order chi connectivity index (χ0) is 18.6. The Hall–Kier alpha value is -2.25. The van der Waals surface area contributed by atoms with Crippen molar-refractivity contribution in [2.75, 3.05) is 26.3 Å². The predicted octanol–water partition coefficient (Wildman–Crippen LogP) is 2.01. The van der Waals surface area contributed by atoms with Crippen LogP contribution in [0.4, 0.5) is 0 Å². The SMILES string of the molecule is C[C@@H]1c2nc(C(=O)NCc3cccnc3)cn2CCN1CC1CCOCC1. The van der Waals surface area contributed by atoms with Crippen molar-refractivity contribution >= 4 is 5.91 Å². The lowest BCUT2D eigenvalue weighted by Crippen LogP contribution is -2.40. The summed E-state index contributed by atoms with van der Waals surface area (Å²) < 4.78 is 7.60. The molecular weight excluding hydrogens is 342 g/mol. The Bertz CT molecular complexity index is 770. The third kappa shape index (κ3) is 4.20. The Kier molecular flexibility index (Phi) is 5.50. The molecule has 0 spiro atoms. The molecule has 2 aromatic rings. The number of pyridine rings is 1. The van der Waals surface area contributed by atoms with E-state index in [9.17, 15) is 4.79 Å². The van der Waals surface area contributed by atoms with Crippen molar-refractivity contribution in [3.05, 3.63) is 47.8 Å². The van der Waals surface area contributed by atoms with Crippen molar-refractivity contribution in [2.24, 2.45) is 5.92 Å². The average Bonchev–Trinajstić information content (AvgIpc) is 3.15. The number of hydrogen-bond donors (Lipinski definition) is 1. The van der Waals surface area contributed by atoms with E-state index in [1.807, 2.05) is 18.3 Å². The Balaban J connectivity index is 1.39. The first-order chi connectivity index (χ1) is 13.2. The van der Waals surface area contributed by atoms with E-state index < -0.39 is 0 Å². The lowest BCUT2D eigenvalue weighted by molar-refractivity contribution is 0.0411. The normalized spacial score (nSPS) is 21.0. The average molecular weight is 369 g/mol. The number of rotatable bonds is 5. The van der Waals surface area contributed by atoms with Gasteiger partial charge in [-0.2, -0.15) is 0 Å². The minimum atomic E-state index is -0.135. The summed E-state index contributed by atoms with van der Waals surface area (Å²) in [4.78, 5) is 23.7. The summed E-state index contributed by atoms with van der Waals surface area (Å²) in [7, 11) is 0. The van der Waals surface area contributed by atoms with Crippen molar-refractivity contribution in [2.45, 2.75) is 38.9 Å². The van der Waals surface area contributed by atoms with Crippen LogP contribution in [0.15, 0.2) is 30.7 Å². The zero-order valence-electron chi connectivity index (χ0n) is 15.8. The second-order valence-corrected chi connectivity index (χ2v) is 7.45. The number of hydrogen-bond acceptors (Lipinski definition) is 5. The molecule has 0 unspecified atom stereocenters. The molecule has 0 aromatic carbocycles. The monoisotopic (exact) mass is 369 g/mol. The molecular formula is C20H27N5O2. The molecule has 1 N–H and O–H groups in total. The number of ether oxygens (including phenoxy) is 1. The number of carbonyl (C=O) groups is 1. The van der Waals surface area contributed by atoms with Crippen LogP contribution >= 0.6 is 0 Å². The van der Waals surface area contributed by atoms with Gasteiger partial charge in [0.2, 0.25) is 0 Å². The molecule has 27 heavy (non-hydrogen) atoms. The third-order valence-electron chi connectivity index (χ3n) is 5.60. The molecule has 0 saturated carbocycles. The van der Waals surface area contributed by atoms with Crippen LogP contribution in [0.2, 0.25) is 0 Å². The molecule has 1 amide bonds. The highest BCUT2D eigenvalue weighted by atomic mass is 16.5. The third-order valence-corrected chi connectivity index (χ3v) is 5.60. The largest absolute Gasteiger partial charge is 0.381 e. The molecule has 2 aromatic heterocycles. The molecule has 2 aliphatic rings. The fourth-order valence-corrected chi connectivity index (χ4v) is 3.93. The Morgan fingerprint density at radius 1 is 1.33 bits per heavy atom. The van der Waals surface area contributed by atoms with Crippen molar-refractivity contribution in [1.82, 2.24) is 24.8 Å². The first kappa shape index (κ1) is 18.1. The van der Waals surface area contributed by atoms with Crippen molar-refractivity contribution < 1.29 is 9.53 Å². The van der Waals surface area contributed by atoms with Crippen LogP contribution in [0.25, 0.3) is 0 Å². The Labute approximate surface area is 159 Å². The van der Waals surface area contributed by atoms with E-state index in [1.54, 1.807) is 12.4 Å². The molecule has 7 nitrogen and oxygen atoms in total. The van der Waals surface area contributed by atoms with E-state index in [1.165, 1.54) is 0 Å². The van der Waals surface area contributed by atoms with E-state index in [0.29, 0.717) is 18.2 Å². The highest BCUT2D eigenvalue weighted by Crippen LogP contribution is 2.27. The number of carbonyl (C=O) groups excluding carboxylic acids is 1. The molecule has 0 bridgehead atoms. The molecule has 144 valence electrons. The number of aromatic nitrogens is 3. The number of nitrogens with one attached hydrogen (secondary N) is 1. The molecule has 2 aliphatic heterocycles. The van der Waals surface area contributed by atoms with Crippen LogP contribution in [0.1, 0.15) is 47.7 Å². The molecule has 0 aliphatic carbocycles. The lowest BCUT2D eigenvalue weighted by atomic mass is 9.98. The fourth-order valence-electron chi connectivity index (χ4n) is 3.93. The van der Waals surface area contributed by atoms with Crippen LogP contribution < -0.4 is 5.32 Å². The second-order valence-electron chi connectivity index (χ2n) is 7.45. The van der Waals surface area contributed by atoms with Crippen LogP contribution in [0.5, 0.6) is 0 Å². The Morgan fingerprint density at radius 3 is 2.96 bits per heavy atom. The van der Waals surface area contributed by atoms with E-state index in [2.05, 4.69) is 31.7 Å². The van der Waals surface area contributed by atoms with Gasteiger partial charge in [0.1, 0.15) is 11.5 Å². The van der Waals surface area contributed by atoms with E-state index in [4.69, 9.17) is 4.74 Å². The predicted molar refractivity (Wildman–Crippen MR) is 101 cm³/mol. The number of fused-ring (bicyclic) bond motifs is 1. The van der Waals surface area contributed by atoms with Gasteiger partial charge in [-0.1, -0.05) is 6.07 Å². The first-order valence-electron chi connectivity index (χ1n) is 9.76. The topological polar surface area (TPSA) is 72.3 Å². The van der Waals surface area contributed by atoms with Crippen molar-refractivity contribution in [3.8, 4) is 0 Å². The maximum absolute atomic E-state index is 12.5. The molecule has 1 atom stereocenters. The summed E-state index contributed by atoms with van der Waals surface area (Å²) in [6, 6.07) is 4.04. The first-order valence-corrected chi connectivity index (χ1v) is 9.76. The van der Waals surface area contributed by atoms with Crippen LogP contribution in [0, 0.1) is 5.92 Å². The summed E-state index contributed by atoms with van der Waals surface area (Å²) >= 11 is 0. The lowest BCUT2D eigenvalue weighted by Gasteiger charge is -2.37. The molecule has 4 rings (SSSR count). The number of imidazole rings is 1. The summed E-state index contributed by atoms with van der Waals surface area (Å²) in [5, 5.41) is 2.93. The van der Waals surface area contributed by atoms with E-state index >= 15 is 0 Å². The smallest absolute Gasteiger partial charge is 0.271 e. The van der Waals surface area contributed by atoms with Gasteiger partial charge in [0.05, 0.1) is 6.04 Å². The second kappa shape index (κ2) is 8.19. The summed E-state index contributed by atoms with van der Waals surface area (Å²) in [5.74, 6) is 1.55. The zero-order valence-corrected chi connectivity index (χ0v) is 15.8. The molecule has 4 heterocycles. The highest BCUT2D eigenvalue weighted by Gasteiger charge is 2.29. The van der Waals surface area contributed by atoms with Gasteiger partial charge in [-0.25, -0.2) is 4.98 Å². The van der Waals surface area contributed by atoms with Crippen LogP contribution in [-0.4, -0.2) is 51.6 Å². The number of nitrogens with zero attached hydrogens (tertiary/aromatic N) is 4. The maximum Gasteiger partial charge on any atom is 0.271 e. The van der Waals surface area contributed by atoms with E-state index in [0.717, 1.165) is 57.1 Å². The highest BCUT2D eigenvalue weighted by molar-refractivity contribution is 5.92. The van der Waals surface area contributed by atoms with Gasteiger partial charge in [0.25, 0.3) is 5.91 Å². The fraction of sp³-hybridized carbons (Fsp3) is 0.550. The molecule has 1 fully saturated rings. The minimum Gasteiger partial charge on any atom is -0.381 e. The van der Waals surface area contributed by atoms with Gasteiger partial charge in [0, 0.05) is 58.0 Å². The van der Waals surface area contributed by atoms with Gasteiger partial charge in [-0.15, -0.1) is 0 Å². The number of amides is 1. The quantitative estimate of drug-likeness (QED) is 0.873. The van der Waals surface area contributed by atoms with Gasteiger partial charge < -0.3 is 14.6 Å².